The summed E-state index contributed by atoms with van der Waals surface area (Å²) >= 11 is 0. The number of alkyl halides is 8. The van der Waals surface area contributed by atoms with Crippen LogP contribution >= 0.6 is 0 Å². The molecule has 4 bridgehead atoms. The van der Waals surface area contributed by atoms with Gasteiger partial charge < -0.3 is 9.47 Å². The predicted molar refractivity (Wildman–Crippen MR) is 96.9 cm³/mol. The summed E-state index contributed by atoms with van der Waals surface area (Å²) in [6.45, 7) is 3.19. The van der Waals surface area contributed by atoms with Gasteiger partial charge in [-0.25, -0.2) is 9.59 Å². The maximum absolute atomic E-state index is 14.5. The van der Waals surface area contributed by atoms with Crippen LogP contribution in [0.5, 0.6) is 0 Å². The monoisotopic (exact) mass is 492 g/mol. The molecule has 0 heterocycles. The minimum absolute atomic E-state index is 0.285. The van der Waals surface area contributed by atoms with Crippen LogP contribution in [0.15, 0.2) is 12.2 Å². The average Bonchev–Trinajstić information content (AvgIpc) is 2.62. The fourth-order valence-electron chi connectivity index (χ4n) is 6.01. The number of hydrogen-bond acceptors (Lipinski definition) is 4. The van der Waals surface area contributed by atoms with Crippen LogP contribution in [0, 0.1) is 23.2 Å². The van der Waals surface area contributed by atoms with E-state index >= 15 is 0 Å². The van der Waals surface area contributed by atoms with Crippen molar-refractivity contribution in [1.82, 2.24) is 0 Å². The second kappa shape index (κ2) is 8.11. The van der Waals surface area contributed by atoms with Crippen LogP contribution in [0.3, 0.4) is 0 Å². The number of carbonyl (C=O) groups is 2. The van der Waals surface area contributed by atoms with E-state index in [-0.39, 0.29) is 17.8 Å². The molecule has 0 radical (unpaired) electrons. The largest absolute Gasteiger partial charge is 0.462 e. The Labute approximate surface area is 184 Å². The van der Waals surface area contributed by atoms with Crippen molar-refractivity contribution < 1.29 is 54.2 Å². The van der Waals surface area contributed by atoms with E-state index in [1.165, 1.54) is 0 Å². The molecule has 0 aliphatic heterocycles. The van der Waals surface area contributed by atoms with Crippen LogP contribution in [0.4, 0.5) is 35.1 Å². The third-order valence-corrected chi connectivity index (χ3v) is 6.93. The van der Waals surface area contributed by atoms with E-state index in [1.54, 1.807) is 0 Å². The van der Waals surface area contributed by atoms with Gasteiger partial charge in [0.25, 0.3) is 5.60 Å². The normalized spacial score (nSPS) is 31.1. The number of rotatable bonds is 7. The van der Waals surface area contributed by atoms with Crippen molar-refractivity contribution in [1.29, 1.82) is 0 Å². The molecule has 1 atom stereocenters. The Morgan fingerprint density at radius 1 is 0.909 bits per heavy atom. The highest BCUT2D eigenvalue weighted by Gasteiger charge is 2.79. The van der Waals surface area contributed by atoms with Crippen LogP contribution in [0.1, 0.15) is 51.9 Å². The lowest BCUT2D eigenvalue weighted by atomic mass is 9.50. The molecule has 0 amide bonds. The van der Waals surface area contributed by atoms with Gasteiger partial charge in [0.1, 0.15) is 6.42 Å². The average molecular weight is 492 g/mol. The summed E-state index contributed by atoms with van der Waals surface area (Å²) in [6.07, 6.45) is -11.0. The molecule has 4 aliphatic carbocycles. The fraction of sp³-hybridized carbons (Fsp3) is 0.810. The summed E-state index contributed by atoms with van der Waals surface area (Å²) in [4.78, 5) is 24.5. The zero-order chi connectivity index (χ0) is 25.0. The first-order valence-electron chi connectivity index (χ1n) is 10.5. The Kier molecular flexibility index (Phi) is 6.32. The first kappa shape index (κ1) is 25.7. The zero-order valence-electron chi connectivity index (χ0n) is 17.8. The summed E-state index contributed by atoms with van der Waals surface area (Å²) in [6, 6.07) is 0. The molecule has 33 heavy (non-hydrogen) atoms. The number of esters is 2. The number of ether oxygens (including phenoxy) is 2. The molecule has 0 saturated heterocycles. The van der Waals surface area contributed by atoms with Crippen LogP contribution in [-0.2, 0) is 19.1 Å². The molecule has 4 saturated carbocycles. The smallest absolute Gasteiger partial charge is 0.458 e. The summed E-state index contributed by atoms with van der Waals surface area (Å²) in [5.41, 5.74) is -6.45. The van der Waals surface area contributed by atoms with E-state index < -0.39 is 59.8 Å². The Bertz CT molecular complexity index is 781. The number of carbonyl (C=O) groups excluding carboxylic acids is 2. The molecule has 12 heteroatoms. The SMILES string of the molecule is C=C(C)C(=O)OC(CC(F)(F)F)(C(=O)OCC12CC3CC(CC(C3)C1)C2)C(F)(F)C(F)(F)F. The standard InChI is InChI=1S/C21H24F8O4/c1-11(2)15(30)33-18(9-19(22,23)24,20(25,26)21(27,28)29)16(31)32-10-17-6-12-3-13(7-17)5-14(4-12)8-17/h12-14H,1,3-10H2,2H3. The number of hydrogen-bond donors (Lipinski definition) is 0. The highest BCUT2D eigenvalue weighted by Crippen LogP contribution is 2.60. The fourth-order valence-corrected chi connectivity index (χ4v) is 6.01. The summed E-state index contributed by atoms with van der Waals surface area (Å²) in [5.74, 6) is -10.1. The van der Waals surface area contributed by atoms with Gasteiger partial charge >= 0.3 is 30.2 Å². The second-order valence-electron chi connectivity index (χ2n) is 9.85. The summed E-state index contributed by atoms with van der Waals surface area (Å²) in [7, 11) is 0. The molecule has 1 unspecified atom stereocenters. The van der Waals surface area contributed by atoms with E-state index in [0.717, 1.165) is 26.2 Å². The summed E-state index contributed by atoms with van der Waals surface area (Å²) < 4.78 is 117. The van der Waals surface area contributed by atoms with Crippen molar-refractivity contribution in [2.45, 2.75) is 75.7 Å². The topological polar surface area (TPSA) is 52.6 Å². The van der Waals surface area contributed by atoms with Gasteiger partial charge in [0, 0.05) is 11.0 Å². The molecule has 0 aromatic heterocycles. The van der Waals surface area contributed by atoms with Gasteiger partial charge in [-0.2, -0.15) is 35.1 Å². The van der Waals surface area contributed by atoms with E-state index in [1.807, 2.05) is 0 Å². The molecule has 0 aromatic rings. The van der Waals surface area contributed by atoms with Crippen molar-refractivity contribution in [3.8, 4) is 0 Å². The van der Waals surface area contributed by atoms with E-state index in [4.69, 9.17) is 4.74 Å². The van der Waals surface area contributed by atoms with Crippen molar-refractivity contribution in [3.05, 3.63) is 12.2 Å². The Morgan fingerprint density at radius 2 is 1.36 bits per heavy atom. The lowest BCUT2D eigenvalue weighted by molar-refractivity contribution is -0.350. The molecular formula is C21H24F8O4. The summed E-state index contributed by atoms with van der Waals surface area (Å²) in [5, 5.41) is 0. The quantitative estimate of drug-likeness (QED) is 0.258. The maximum Gasteiger partial charge on any atom is 0.458 e. The predicted octanol–water partition coefficient (Wildman–Crippen LogP) is 5.75. The van der Waals surface area contributed by atoms with Gasteiger partial charge in [-0.3, -0.25) is 0 Å². The highest BCUT2D eigenvalue weighted by molar-refractivity contribution is 5.91. The Balaban J connectivity index is 1.95. The van der Waals surface area contributed by atoms with Gasteiger partial charge in [0.05, 0.1) is 6.61 Å². The van der Waals surface area contributed by atoms with Gasteiger partial charge in [-0.05, 0) is 63.2 Å². The lowest BCUT2D eigenvalue weighted by Gasteiger charge is -2.56. The first-order chi connectivity index (χ1) is 14.9. The molecule has 0 aromatic carbocycles. The van der Waals surface area contributed by atoms with E-state index in [2.05, 4.69) is 11.3 Å². The first-order valence-corrected chi connectivity index (χ1v) is 10.5. The van der Waals surface area contributed by atoms with Crippen molar-refractivity contribution in [2.75, 3.05) is 6.61 Å². The molecule has 4 aliphatic rings. The zero-order valence-corrected chi connectivity index (χ0v) is 17.8. The minimum atomic E-state index is -6.65. The van der Waals surface area contributed by atoms with Crippen LogP contribution in [0.2, 0.25) is 0 Å². The molecular weight excluding hydrogens is 468 g/mol. The third kappa shape index (κ3) is 4.84. The minimum Gasteiger partial charge on any atom is -0.462 e. The Hall–Kier alpha value is -1.88. The van der Waals surface area contributed by atoms with Crippen LogP contribution in [-0.4, -0.2) is 42.4 Å². The molecule has 4 rings (SSSR count). The molecule has 188 valence electrons. The van der Waals surface area contributed by atoms with Crippen LogP contribution < -0.4 is 0 Å². The van der Waals surface area contributed by atoms with Gasteiger partial charge in [0.2, 0.25) is 0 Å². The van der Waals surface area contributed by atoms with Gasteiger partial charge in [-0.1, -0.05) is 6.58 Å². The highest BCUT2D eigenvalue weighted by atomic mass is 19.4. The van der Waals surface area contributed by atoms with Crippen LogP contribution in [0.25, 0.3) is 0 Å². The molecule has 0 N–H and O–H groups in total. The van der Waals surface area contributed by atoms with Gasteiger partial charge in [-0.15, -0.1) is 0 Å². The number of halogens is 8. The van der Waals surface area contributed by atoms with Crippen molar-refractivity contribution in [2.24, 2.45) is 23.2 Å². The Morgan fingerprint density at radius 3 is 1.73 bits per heavy atom. The van der Waals surface area contributed by atoms with Crippen molar-refractivity contribution >= 4 is 11.9 Å². The van der Waals surface area contributed by atoms with E-state index in [9.17, 15) is 44.7 Å². The maximum atomic E-state index is 14.5. The molecule has 4 nitrogen and oxygen atoms in total. The van der Waals surface area contributed by atoms with Crippen molar-refractivity contribution in [3.63, 3.8) is 0 Å². The lowest BCUT2D eigenvalue weighted by Crippen LogP contribution is -2.66. The third-order valence-electron chi connectivity index (χ3n) is 6.93. The molecule has 4 fully saturated rings. The molecule has 0 spiro atoms. The van der Waals surface area contributed by atoms with Gasteiger partial charge in [0.15, 0.2) is 0 Å². The van der Waals surface area contributed by atoms with E-state index in [0.29, 0.717) is 19.3 Å². The second-order valence-corrected chi connectivity index (χ2v) is 9.85.